The Morgan fingerprint density at radius 3 is 2.25 bits per heavy atom. The predicted molar refractivity (Wildman–Crippen MR) is 88.9 cm³/mol. The summed E-state index contributed by atoms with van der Waals surface area (Å²) in [5.41, 5.74) is 3.27. The van der Waals surface area contributed by atoms with Crippen LogP contribution in [0.25, 0.3) is 0 Å². The van der Waals surface area contributed by atoms with Gasteiger partial charge in [0.1, 0.15) is 6.10 Å². The Morgan fingerprint density at radius 1 is 1.00 bits per heavy atom. The van der Waals surface area contributed by atoms with Gasteiger partial charge in [-0.3, -0.25) is 0 Å². The molecule has 3 heteroatoms. The molecule has 1 fully saturated rings. The average molecular weight is 396 g/mol. The number of aliphatic hydroxyl groups is 1. The topological polar surface area (TPSA) is 20.2 Å². The zero-order chi connectivity index (χ0) is 14.1. The molecule has 0 bridgehead atoms. The molecule has 0 aromatic heterocycles. The fourth-order valence-corrected chi connectivity index (χ4v) is 4.09. The van der Waals surface area contributed by atoms with Crippen molar-refractivity contribution in [3.63, 3.8) is 0 Å². The summed E-state index contributed by atoms with van der Waals surface area (Å²) in [6, 6.07) is 14.2. The third-order valence-electron chi connectivity index (χ3n) is 4.04. The fraction of sp³-hybridized carbons (Fsp3) is 0.294. The van der Waals surface area contributed by atoms with Crippen LogP contribution in [0.3, 0.4) is 0 Å². The van der Waals surface area contributed by atoms with E-state index in [2.05, 4.69) is 44.0 Å². The van der Waals surface area contributed by atoms with Gasteiger partial charge in [-0.15, -0.1) is 0 Å². The molecule has 3 rings (SSSR count). The first-order chi connectivity index (χ1) is 9.65. The molecule has 0 spiro atoms. The smallest absolute Gasteiger partial charge is 0.104 e. The molecular formula is C17H16Br2O. The predicted octanol–water partition coefficient (Wildman–Crippen LogP) is 5.56. The summed E-state index contributed by atoms with van der Waals surface area (Å²) in [5.74, 6) is 0.622. The van der Waals surface area contributed by atoms with Crippen LogP contribution in [0.1, 0.15) is 48.0 Å². The third kappa shape index (κ3) is 2.85. The summed E-state index contributed by atoms with van der Waals surface area (Å²) >= 11 is 6.97. The maximum absolute atomic E-state index is 10.7. The van der Waals surface area contributed by atoms with Crippen molar-refractivity contribution in [2.75, 3.05) is 0 Å². The van der Waals surface area contributed by atoms with Crippen LogP contribution >= 0.6 is 31.9 Å². The normalized spacial score (nSPS) is 16.8. The van der Waals surface area contributed by atoms with Gasteiger partial charge in [-0.05, 0) is 53.6 Å². The molecule has 1 nitrogen and oxygen atoms in total. The maximum Gasteiger partial charge on any atom is 0.104 e. The van der Waals surface area contributed by atoms with Gasteiger partial charge < -0.3 is 5.11 Å². The van der Waals surface area contributed by atoms with E-state index >= 15 is 0 Å². The van der Waals surface area contributed by atoms with Crippen molar-refractivity contribution in [3.05, 3.63) is 68.1 Å². The van der Waals surface area contributed by atoms with Gasteiger partial charge in [-0.2, -0.15) is 0 Å². The van der Waals surface area contributed by atoms with Crippen LogP contribution in [-0.4, -0.2) is 5.11 Å². The fourth-order valence-electron chi connectivity index (χ4n) is 2.76. The van der Waals surface area contributed by atoms with Gasteiger partial charge in [0, 0.05) is 8.95 Å². The molecule has 1 atom stereocenters. The maximum atomic E-state index is 10.7. The monoisotopic (exact) mass is 394 g/mol. The number of rotatable bonds is 3. The van der Waals surface area contributed by atoms with Gasteiger partial charge in [-0.1, -0.05) is 62.5 Å². The van der Waals surface area contributed by atoms with Crippen LogP contribution in [0.15, 0.2) is 51.4 Å². The molecule has 0 radical (unpaired) electrons. The van der Waals surface area contributed by atoms with Gasteiger partial charge in [-0.25, -0.2) is 0 Å². The van der Waals surface area contributed by atoms with Crippen molar-refractivity contribution in [3.8, 4) is 0 Å². The molecular weight excluding hydrogens is 380 g/mol. The first-order valence-electron chi connectivity index (χ1n) is 6.88. The van der Waals surface area contributed by atoms with Crippen molar-refractivity contribution in [2.24, 2.45) is 0 Å². The minimum atomic E-state index is -0.569. The molecule has 1 aliphatic rings. The standard InChI is InChI=1S/C17H16Br2O/c18-13-8-12(9-14(19)10-13)17(20)16-7-2-1-6-15(16)11-4-3-5-11/h1-2,6-11,17,20H,3-5H2. The lowest BCUT2D eigenvalue weighted by Gasteiger charge is -2.29. The quantitative estimate of drug-likeness (QED) is 0.721. The van der Waals surface area contributed by atoms with Crippen LogP contribution < -0.4 is 0 Å². The Balaban J connectivity index is 1.99. The van der Waals surface area contributed by atoms with Gasteiger partial charge in [0.2, 0.25) is 0 Å². The van der Waals surface area contributed by atoms with Gasteiger partial charge in [0.15, 0.2) is 0 Å². The zero-order valence-electron chi connectivity index (χ0n) is 11.0. The second kappa shape index (κ2) is 6.00. The SMILES string of the molecule is OC(c1cc(Br)cc(Br)c1)c1ccccc1C1CCC1. The van der Waals surface area contributed by atoms with Crippen molar-refractivity contribution in [2.45, 2.75) is 31.3 Å². The van der Waals surface area contributed by atoms with Crippen LogP contribution in [0, 0.1) is 0 Å². The van der Waals surface area contributed by atoms with E-state index in [1.165, 1.54) is 24.8 Å². The summed E-state index contributed by atoms with van der Waals surface area (Å²) in [5, 5.41) is 10.7. The first kappa shape index (κ1) is 14.3. The minimum absolute atomic E-state index is 0.569. The van der Waals surface area contributed by atoms with E-state index in [4.69, 9.17) is 0 Å². The molecule has 2 aromatic carbocycles. The average Bonchev–Trinajstić information content (AvgIpc) is 2.35. The third-order valence-corrected chi connectivity index (χ3v) is 4.95. The molecule has 1 N–H and O–H groups in total. The highest BCUT2D eigenvalue weighted by Gasteiger charge is 2.24. The largest absolute Gasteiger partial charge is 0.384 e. The zero-order valence-corrected chi connectivity index (χ0v) is 14.2. The number of benzene rings is 2. The number of aliphatic hydroxyl groups excluding tert-OH is 1. The van der Waals surface area contributed by atoms with Gasteiger partial charge in [0.25, 0.3) is 0 Å². The summed E-state index contributed by atoms with van der Waals surface area (Å²) in [6.45, 7) is 0. The van der Waals surface area contributed by atoms with Crippen LogP contribution in [0.5, 0.6) is 0 Å². The van der Waals surface area contributed by atoms with E-state index in [1.807, 2.05) is 30.3 Å². The van der Waals surface area contributed by atoms with Crippen molar-refractivity contribution in [1.29, 1.82) is 0 Å². The molecule has 0 amide bonds. The Labute approximate surface area is 136 Å². The summed E-state index contributed by atoms with van der Waals surface area (Å²) in [7, 11) is 0. The lowest BCUT2D eigenvalue weighted by atomic mass is 9.77. The minimum Gasteiger partial charge on any atom is -0.384 e. The van der Waals surface area contributed by atoms with E-state index in [0.717, 1.165) is 20.1 Å². The van der Waals surface area contributed by atoms with Crippen LogP contribution in [0.2, 0.25) is 0 Å². The lowest BCUT2D eigenvalue weighted by molar-refractivity contribution is 0.217. The molecule has 104 valence electrons. The summed E-state index contributed by atoms with van der Waals surface area (Å²) < 4.78 is 1.95. The van der Waals surface area contributed by atoms with Crippen LogP contribution in [-0.2, 0) is 0 Å². The summed E-state index contributed by atoms with van der Waals surface area (Å²) in [6.07, 6.45) is 3.22. The van der Waals surface area contributed by atoms with E-state index in [1.54, 1.807) is 0 Å². The molecule has 0 saturated heterocycles. The van der Waals surface area contributed by atoms with Gasteiger partial charge >= 0.3 is 0 Å². The van der Waals surface area contributed by atoms with Crippen molar-refractivity contribution in [1.82, 2.24) is 0 Å². The molecule has 0 aliphatic heterocycles. The summed E-state index contributed by atoms with van der Waals surface area (Å²) in [4.78, 5) is 0. The lowest BCUT2D eigenvalue weighted by Crippen LogP contribution is -2.13. The highest BCUT2D eigenvalue weighted by atomic mass is 79.9. The molecule has 1 saturated carbocycles. The Kier molecular flexibility index (Phi) is 4.29. The molecule has 20 heavy (non-hydrogen) atoms. The van der Waals surface area contributed by atoms with E-state index in [-0.39, 0.29) is 0 Å². The van der Waals surface area contributed by atoms with Crippen molar-refractivity contribution < 1.29 is 5.11 Å². The Hall–Kier alpha value is -0.640. The molecule has 2 aromatic rings. The molecule has 1 unspecified atom stereocenters. The Bertz CT molecular complexity index is 600. The molecule has 0 heterocycles. The van der Waals surface area contributed by atoms with E-state index in [9.17, 15) is 5.11 Å². The Morgan fingerprint density at radius 2 is 1.65 bits per heavy atom. The van der Waals surface area contributed by atoms with E-state index in [0.29, 0.717) is 5.92 Å². The van der Waals surface area contributed by atoms with Crippen molar-refractivity contribution >= 4 is 31.9 Å². The highest BCUT2D eigenvalue weighted by Crippen LogP contribution is 2.41. The number of hydrogen-bond acceptors (Lipinski definition) is 1. The second-order valence-corrected chi connectivity index (χ2v) is 7.19. The second-order valence-electron chi connectivity index (χ2n) is 5.36. The van der Waals surface area contributed by atoms with Crippen LogP contribution in [0.4, 0.5) is 0 Å². The number of hydrogen-bond donors (Lipinski definition) is 1. The molecule has 1 aliphatic carbocycles. The first-order valence-corrected chi connectivity index (χ1v) is 8.46. The van der Waals surface area contributed by atoms with E-state index < -0.39 is 6.10 Å². The number of halogens is 2. The highest BCUT2D eigenvalue weighted by molar-refractivity contribution is 9.11. The van der Waals surface area contributed by atoms with Gasteiger partial charge in [0.05, 0.1) is 0 Å².